The van der Waals surface area contributed by atoms with E-state index in [2.05, 4.69) is 15.6 Å². The number of benzene rings is 1. The van der Waals surface area contributed by atoms with Gasteiger partial charge in [-0.1, -0.05) is 42.6 Å². The van der Waals surface area contributed by atoms with Crippen LogP contribution in [0.15, 0.2) is 42.5 Å². The number of amides is 3. The summed E-state index contributed by atoms with van der Waals surface area (Å²) in [7, 11) is 0. The molecule has 0 bridgehead atoms. The van der Waals surface area contributed by atoms with Gasteiger partial charge in [0.15, 0.2) is 0 Å². The molecule has 0 atom stereocenters. The van der Waals surface area contributed by atoms with Crippen molar-refractivity contribution in [3.63, 3.8) is 0 Å². The lowest BCUT2D eigenvalue weighted by atomic mass is 9.91. The van der Waals surface area contributed by atoms with Crippen LogP contribution in [0.5, 0.6) is 0 Å². The monoisotopic (exact) mass is 456 g/mol. The Kier molecular flexibility index (Phi) is 9.35. The van der Waals surface area contributed by atoms with E-state index < -0.39 is 0 Å². The molecule has 1 saturated heterocycles. The van der Waals surface area contributed by atoms with Gasteiger partial charge < -0.3 is 15.5 Å². The number of pyridine rings is 1. The maximum absolute atomic E-state index is 12.5. The van der Waals surface area contributed by atoms with E-state index in [9.17, 15) is 9.59 Å². The van der Waals surface area contributed by atoms with Crippen LogP contribution in [0.25, 0.3) is 0 Å². The predicted molar refractivity (Wildman–Crippen MR) is 128 cm³/mol. The lowest BCUT2D eigenvalue weighted by molar-refractivity contribution is -0.131. The highest BCUT2D eigenvalue weighted by Gasteiger charge is 2.22. The van der Waals surface area contributed by atoms with Gasteiger partial charge in [-0.05, 0) is 61.9 Å². The third kappa shape index (κ3) is 8.15. The number of aryl methyl sites for hydroxylation is 1. The van der Waals surface area contributed by atoms with Gasteiger partial charge in [0.05, 0.1) is 6.42 Å². The molecule has 1 fully saturated rings. The van der Waals surface area contributed by atoms with Gasteiger partial charge in [-0.2, -0.15) is 0 Å². The molecule has 3 amide bonds. The quantitative estimate of drug-likeness (QED) is 0.546. The van der Waals surface area contributed by atoms with Gasteiger partial charge in [-0.3, -0.25) is 9.78 Å². The zero-order chi connectivity index (χ0) is 22.8. The number of aromatic nitrogens is 1. The van der Waals surface area contributed by atoms with E-state index in [1.165, 1.54) is 0 Å². The van der Waals surface area contributed by atoms with Crippen molar-refractivity contribution in [3.05, 3.63) is 64.4 Å². The number of piperidine rings is 1. The molecule has 32 heavy (non-hydrogen) atoms. The summed E-state index contributed by atoms with van der Waals surface area (Å²) in [6, 6.07) is 13.1. The zero-order valence-corrected chi connectivity index (χ0v) is 19.5. The Morgan fingerprint density at radius 1 is 1.06 bits per heavy atom. The standard InChI is InChI=1S/C25H33ClN4O2/c1-19-5-4-7-23(29-19)17-24(31)30-15-12-20(13-16-30)6-2-3-14-27-25(32)28-18-21-8-10-22(26)11-9-21/h4-5,7-11,20H,2-3,6,12-18H2,1H3,(H2,27,28,32). The molecule has 2 N–H and O–H groups in total. The summed E-state index contributed by atoms with van der Waals surface area (Å²) < 4.78 is 0. The Balaban J connectivity index is 1.23. The molecule has 2 aromatic rings. The molecule has 2 heterocycles. The molecule has 1 aliphatic rings. The minimum atomic E-state index is -0.144. The number of urea groups is 1. The lowest BCUT2D eigenvalue weighted by Crippen LogP contribution is -2.39. The van der Waals surface area contributed by atoms with Gasteiger partial charge >= 0.3 is 6.03 Å². The van der Waals surface area contributed by atoms with E-state index in [-0.39, 0.29) is 11.9 Å². The van der Waals surface area contributed by atoms with Crippen LogP contribution in [-0.2, 0) is 17.8 Å². The fourth-order valence-corrected chi connectivity index (χ4v) is 4.17. The van der Waals surface area contributed by atoms with Crippen molar-refractivity contribution in [2.75, 3.05) is 19.6 Å². The summed E-state index contributed by atoms with van der Waals surface area (Å²) in [6.07, 6.45) is 5.70. The second-order valence-electron chi connectivity index (χ2n) is 8.50. The Morgan fingerprint density at radius 2 is 1.81 bits per heavy atom. The molecule has 0 radical (unpaired) electrons. The van der Waals surface area contributed by atoms with E-state index in [1.54, 1.807) is 0 Å². The van der Waals surface area contributed by atoms with Crippen molar-refractivity contribution in [3.8, 4) is 0 Å². The molecule has 0 spiro atoms. The van der Waals surface area contributed by atoms with Crippen LogP contribution in [0.4, 0.5) is 4.79 Å². The lowest BCUT2D eigenvalue weighted by Gasteiger charge is -2.32. The van der Waals surface area contributed by atoms with Crippen LogP contribution in [0.2, 0.25) is 5.02 Å². The third-order valence-corrected chi connectivity index (χ3v) is 6.19. The fourth-order valence-electron chi connectivity index (χ4n) is 4.04. The number of nitrogens with zero attached hydrogens (tertiary/aromatic N) is 2. The van der Waals surface area contributed by atoms with Crippen molar-refractivity contribution in [2.45, 2.75) is 52.0 Å². The highest BCUT2D eigenvalue weighted by molar-refractivity contribution is 6.30. The summed E-state index contributed by atoms with van der Waals surface area (Å²) in [5, 5.41) is 6.47. The van der Waals surface area contributed by atoms with Crippen LogP contribution in [0.3, 0.4) is 0 Å². The second-order valence-corrected chi connectivity index (χ2v) is 8.94. The maximum Gasteiger partial charge on any atom is 0.315 e. The molecule has 3 rings (SSSR count). The molecular weight excluding hydrogens is 424 g/mol. The average molecular weight is 457 g/mol. The molecule has 0 aliphatic carbocycles. The first-order valence-corrected chi connectivity index (χ1v) is 11.8. The summed E-state index contributed by atoms with van der Waals surface area (Å²) in [5.41, 5.74) is 2.81. The molecule has 6 nitrogen and oxygen atoms in total. The number of carbonyl (C=O) groups excluding carboxylic acids is 2. The molecule has 172 valence electrons. The topological polar surface area (TPSA) is 74.3 Å². The van der Waals surface area contributed by atoms with Gasteiger partial charge in [0, 0.05) is 42.6 Å². The summed E-state index contributed by atoms with van der Waals surface area (Å²) in [5.74, 6) is 0.838. The van der Waals surface area contributed by atoms with Crippen molar-refractivity contribution >= 4 is 23.5 Å². The largest absolute Gasteiger partial charge is 0.342 e. The molecular formula is C25H33ClN4O2. The molecule has 0 unspecified atom stereocenters. The number of halogens is 1. The van der Waals surface area contributed by atoms with E-state index in [4.69, 9.17) is 11.6 Å². The van der Waals surface area contributed by atoms with Crippen LogP contribution < -0.4 is 10.6 Å². The summed E-state index contributed by atoms with van der Waals surface area (Å²) in [6.45, 7) is 4.78. The van der Waals surface area contributed by atoms with Crippen LogP contribution >= 0.6 is 11.6 Å². The normalized spacial score (nSPS) is 14.2. The van der Waals surface area contributed by atoms with Crippen molar-refractivity contribution < 1.29 is 9.59 Å². The number of unbranched alkanes of at least 4 members (excludes halogenated alkanes) is 1. The number of rotatable bonds is 9. The Morgan fingerprint density at radius 3 is 2.53 bits per heavy atom. The van der Waals surface area contributed by atoms with E-state index >= 15 is 0 Å². The summed E-state index contributed by atoms with van der Waals surface area (Å²) in [4.78, 5) is 30.9. The third-order valence-electron chi connectivity index (χ3n) is 5.94. The van der Waals surface area contributed by atoms with Crippen LogP contribution in [-0.4, -0.2) is 41.5 Å². The predicted octanol–water partition coefficient (Wildman–Crippen LogP) is 4.49. The highest BCUT2D eigenvalue weighted by atomic mass is 35.5. The van der Waals surface area contributed by atoms with Crippen molar-refractivity contribution in [1.82, 2.24) is 20.5 Å². The van der Waals surface area contributed by atoms with Gasteiger partial charge in [-0.15, -0.1) is 0 Å². The number of likely N-dealkylation sites (tertiary alicyclic amines) is 1. The number of hydrogen-bond acceptors (Lipinski definition) is 3. The molecule has 7 heteroatoms. The first-order chi connectivity index (χ1) is 15.5. The molecule has 1 aromatic heterocycles. The smallest absolute Gasteiger partial charge is 0.315 e. The highest BCUT2D eigenvalue weighted by Crippen LogP contribution is 2.23. The van der Waals surface area contributed by atoms with Gasteiger partial charge in [0.2, 0.25) is 5.91 Å². The molecule has 1 aliphatic heterocycles. The first kappa shape index (κ1) is 24.1. The Labute approximate surface area is 195 Å². The number of hydrogen-bond donors (Lipinski definition) is 2. The Bertz CT molecular complexity index is 880. The van der Waals surface area contributed by atoms with Gasteiger partial charge in [0.1, 0.15) is 0 Å². The average Bonchev–Trinajstić information content (AvgIpc) is 2.79. The fraction of sp³-hybridized carbons (Fsp3) is 0.480. The van der Waals surface area contributed by atoms with E-state index in [1.807, 2.05) is 54.3 Å². The summed E-state index contributed by atoms with van der Waals surface area (Å²) >= 11 is 5.86. The minimum Gasteiger partial charge on any atom is -0.342 e. The van der Waals surface area contributed by atoms with Crippen molar-refractivity contribution in [1.29, 1.82) is 0 Å². The first-order valence-electron chi connectivity index (χ1n) is 11.5. The van der Waals surface area contributed by atoms with E-state index in [0.29, 0.717) is 30.5 Å². The SMILES string of the molecule is Cc1cccc(CC(=O)N2CCC(CCCCNC(=O)NCc3ccc(Cl)cc3)CC2)n1. The van der Waals surface area contributed by atoms with Crippen molar-refractivity contribution in [2.24, 2.45) is 5.92 Å². The second kappa shape index (κ2) is 12.4. The van der Waals surface area contributed by atoms with Gasteiger partial charge in [-0.25, -0.2) is 4.79 Å². The zero-order valence-electron chi connectivity index (χ0n) is 18.8. The Hall–Kier alpha value is -2.60. The number of carbonyl (C=O) groups is 2. The number of nitrogens with one attached hydrogen (secondary N) is 2. The van der Waals surface area contributed by atoms with Gasteiger partial charge in [0.25, 0.3) is 0 Å². The molecule has 0 saturated carbocycles. The molecule has 1 aromatic carbocycles. The minimum absolute atomic E-state index is 0.144. The van der Waals surface area contributed by atoms with Crippen LogP contribution in [0, 0.1) is 12.8 Å². The van der Waals surface area contributed by atoms with E-state index in [0.717, 1.165) is 62.1 Å². The van der Waals surface area contributed by atoms with Crippen LogP contribution in [0.1, 0.15) is 49.1 Å². The maximum atomic E-state index is 12.5.